The molecule has 1 aliphatic carbocycles. The van der Waals surface area contributed by atoms with Gasteiger partial charge in [-0.05, 0) is 86.1 Å². The third-order valence-corrected chi connectivity index (χ3v) is 8.52. The number of carbonyl (C=O) groups excluding carboxylic acids is 1. The molecule has 1 aliphatic rings. The van der Waals surface area contributed by atoms with E-state index in [1.165, 1.54) is 88.2 Å². The number of unbranched alkanes of at least 4 members (excludes halogenated alkanes) is 10. The highest BCUT2D eigenvalue weighted by Gasteiger charge is 2.29. The van der Waals surface area contributed by atoms with Crippen LogP contribution in [0.25, 0.3) is 0 Å². The third-order valence-electron chi connectivity index (χ3n) is 8.52. The summed E-state index contributed by atoms with van der Waals surface area (Å²) in [4.78, 5) is 12.9. The minimum absolute atomic E-state index is 0.0808. The van der Waals surface area contributed by atoms with E-state index in [9.17, 15) is 10.1 Å². The molecule has 0 aromatic heterocycles. The fraction of sp³-hybridized carbons (Fsp3) is 0.611. The summed E-state index contributed by atoms with van der Waals surface area (Å²) in [6.45, 7) is 4.48. The molecule has 2 aromatic carbocycles. The van der Waals surface area contributed by atoms with Crippen LogP contribution in [0.2, 0.25) is 0 Å². The van der Waals surface area contributed by atoms with Crippen molar-refractivity contribution in [3.05, 3.63) is 64.7 Å². The highest BCUT2D eigenvalue weighted by molar-refractivity contribution is 5.76. The molecular weight excluding hydrogens is 478 g/mol. The lowest BCUT2D eigenvalue weighted by Crippen LogP contribution is -2.25. The smallest absolute Gasteiger partial charge is 0.314 e. The minimum Gasteiger partial charge on any atom is -0.425 e. The molecule has 0 atom stereocenters. The van der Waals surface area contributed by atoms with Crippen LogP contribution in [0.4, 0.5) is 0 Å². The number of benzene rings is 2. The first-order valence-electron chi connectivity index (χ1n) is 16.0. The topological polar surface area (TPSA) is 50.1 Å². The summed E-state index contributed by atoms with van der Waals surface area (Å²) in [6, 6.07) is 17.2. The molecule has 39 heavy (non-hydrogen) atoms. The second-order valence-corrected chi connectivity index (χ2v) is 11.7. The molecule has 3 nitrogen and oxygen atoms in total. The molecule has 0 amide bonds. The summed E-state index contributed by atoms with van der Waals surface area (Å²) >= 11 is 0. The van der Waals surface area contributed by atoms with Crippen LogP contribution in [0.1, 0.15) is 145 Å². The summed E-state index contributed by atoms with van der Waals surface area (Å²) in [5.41, 5.74) is 4.47. The fourth-order valence-electron chi connectivity index (χ4n) is 5.94. The molecule has 0 spiro atoms. The van der Waals surface area contributed by atoms with Gasteiger partial charge < -0.3 is 4.74 Å². The van der Waals surface area contributed by atoms with Gasteiger partial charge in [0, 0.05) is 0 Å². The van der Waals surface area contributed by atoms with Crippen LogP contribution in [0.15, 0.2) is 42.5 Å². The number of esters is 1. The monoisotopic (exact) mass is 529 g/mol. The Morgan fingerprint density at radius 1 is 0.744 bits per heavy atom. The number of nitriles is 1. The van der Waals surface area contributed by atoms with E-state index in [1.54, 1.807) is 0 Å². The molecule has 0 N–H and O–H groups in total. The van der Waals surface area contributed by atoms with Gasteiger partial charge in [0.2, 0.25) is 0 Å². The quantitative estimate of drug-likeness (QED) is 0.116. The molecule has 3 rings (SSSR count). The molecular formula is C36H51NO2. The highest BCUT2D eigenvalue weighted by atomic mass is 16.5. The van der Waals surface area contributed by atoms with E-state index >= 15 is 0 Å². The van der Waals surface area contributed by atoms with Crippen LogP contribution in [-0.2, 0) is 17.6 Å². The molecule has 212 valence electrons. The van der Waals surface area contributed by atoms with E-state index < -0.39 is 0 Å². The van der Waals surface area contributed by atoms with Gasteiger partial charge in [-0.25, -0.2) is 0 Å². The summed E-state index contributed by atoms with van der Waals surface area (Å²) < 4.78 is 5.75. The lowest BCUT2D eigenvalue weighted by atomic mass is 9.78. The van der Waals surface area contributed by atoms with Gasteiger partial charge in [0.1, 0.15) is 11.8 Å². The van der Waals surface area contributed by atoms with Crippen LogP contribution < -0.4 is 4.74 Å². The van der Waals surface area contributed by atoms with Crippen molar-refractivity contribution in [2.45, 2.75) is 135 Å². The Balaban J connectivity index is 1.39. The number of ether oxygens (including phenoxy) is 1. The zero-order valence-electron chi connectivity index (χ0n) is 24.7. The average molecular weight is 530 g/mol. The van der Waals surface area contributed by atoms with Crippen molar-refractivity contribution in [2.24, 2.45) is 5.92 Å². The Bertz CT molecular complexity index is 1010. The van der Waals surface area contributed by atoms with E-state index in [0.29, 0.717) is 17.2 Å². The summed E-state index contributed by atoms with van der Waals surface area (Å²) in [7, 11) is 0. The van der Waals surface area contributed by atoms with Gasteiger partial charge in [0.05, 0.1) is 11.5 Å². The molecule has 1 saturated carbocycles. The maximum absolute atomic E-state index is 12.9. The Hall–Kier alpha value is -2.60. The van der Waals surface area contributed by atoms with E-state index in [1.807, 2.05) is 18.2 Å². The Kier molecular flexibility index (Phi) is 14.2. The van der Waals surface area contributed by atoms with Crippen molar-refractivity contribution < 1.29 is 9.53 Å². The van der Waals surface area contributed by atoms with Crippen molar-refractivity contribution in [1.29, 1.82) is 5.26 Å². The molecule has 0 heterocycles. The van der Waals surface area contributed by atoms with Crippen LogP contribution in [0, 0.1) is 17.2 Å². The maximum Gasteiger partial charge on any atom is 0.314 e. The number of hydrogen-bond donors (Lipinski definition) is 0. The first-order valence-corrected chi connectivity index (χ1v) is 16.0. The van der Waals surface area contributed by atoms with Gasteiger partial charge in [0.15, 0.2) is 0 Å². The van der Waals surface area contributed by atoms with Crippen molar-refractivity contribution in [3.63, 3.8) is 0 Å². The van der Waals surface area contributed by atoms with E-state index in [-0.39, 0.29) is 11.9 Å². The maximum atomic E-state index is 12.9. The van der Waals surface area contributed by atoms with Crippen molar-refractivity contribution in [2.75, 3.05) is 0 Å². The van der Waals surface area contributed by atoms with Gasteiger partial charge in [-0.1, -0.05) is 108 Å². The normalized spacial score (nSPS) is 17.1. The standard InChI is InChI=1S/C36H51NO2/c1-3-5-7-9-10-11-12-14-15-29-17-20-31(21-18-29)32-22-24-33(25-23-32)36(38)39-35-26-19-30(27-34(35)28-37)16-13-8-6-4-2/h17-21,26-27,32-33H,3-16,22-25H2,1-2H3. The number of carbonyl (C=O) groups is 1. The van der Waals surface area contributed by atoms with Crippen LogP contribution in [0.5, 0.6) is 5.75 Å². The molecule has 3 heteroatoms. The number of hydrogen-bond acceptors (Lipinski definition) is 3. The summed E-state index contributed by atoms with van der Waals surface area (Å²) in [6.07, 6.45) is 21.6. The van der Waals surface area contributed by atoms with Gasteiger partial charge in [-0.2, -0.15) is 5.26 Å². The Morgan fingerprint density at radius 2 is 1.28 bits per heavy atom. The number of aryl methyl sites for hydroxylation is 2. The van der Waals surface area contributed by atoms with Crippen LogP contribution in [0.3, 0.4) is 0 Å². The molecule has 0 bridgehead atoms. The average Bonchev–Trinajstić information content (AvgIpc) is 2.97. The number of nitrogens with zero attached hydrogens (tertiary/aromatic N) is 1. The van der Waals surface area contributed by atoms with Gasteiger partial charge >= 0.3 is 5.97 Å². The minimum atomic E-state index is -0.179. The Morgan fingerprint density at radius 3 is 1.90 bits per heavy atom. The largest absolute Gasteiger partial charge is 0.425 e. The molecule has 0 aliphatic heterocycles. The first-order chi connectivity index (χ1) is 19.1. The SMILES string of the molecule is CCCCCCCCCCc1ccc(C2CCC(C(=O)Oc3ccc(CCCCCC)cc3C#N)CC2)cc1. The molecule has 1 fully saturated rings. The lowest BCUT2D eigenvalue weighted by Gasteiger charge is -2.27. The van der Waals surface area contributed by atoms with E-state index in [4.69, 9.17) is 4.74 Å². The van der Waals surface area contributed by atoms with Crippen molar-refractivity contribution >= 4 is 5.97 Å². The lowest BCUT2D eigenvalue weighted by molar-refractivity contribution is -0.140. The second-order valence-electron chi connectivity index (χ2n) is 11.7. The molecule has 2 aromatic rings. The zero-order valence-corrected chi connectivity index (χ0v) is 24.7. The van der Waals surface area contributed by atoms with E-state index in [0.717, 1.165) is 44.1 Å². The highest BCUT2D eigenvalue weighted by Crippen LogP contribution is 2.37. The van der Waals surface area contributed by atoms with Crippen LogP contribution >= 0.6 is 0 Å². The molecule has 0 radical (unpaired) electrons. The molecule has 0 unspecified atom stereocenters. The third kappa shape index (κ3) is 10.8. The Labute approximate surface area is 238 Å². The molecule has 0 saturated heterocycles. The van der Waals surface area contributed by atoms with Crippen molar-refractivity contribution in [3.8, 4) is 11.8 Å². The zero-order chi connectivity index (χ0) is 27.7. The van der Waals surface area contributed by atoms with Gasteiger partial charge in [-0.3, -0.25) is 4.79 Å². The summed E-state index contributed by atoms with van der Waals surface area (Å²) in [5.74, 6) is 0.672. The van der Waals surface area contributed by atoms with Gasteiger partial charge in [-0.15, -0.1) is 0 Å². The van der Waals surface area contributed by atoms with Crippen molar-refractivity contribution in [1.82, 2.24) is 0 Å². The predicted molar refractivity (Wildman–Crippen MR) is 162 cm³/mol. The number of rotatable bonds is 17. The van der Waals surface area contributed by atoms with Crippen LogP contribution in [-0.4, -0.2) is 5.97 Å². The fourth-order valence-corrected chi connectivity index (χ4v) is 5.94. The van der Waals surface area contributed by atoms with Gasteiger partial charge in [0.25, 0.3) is 0 Å². The first kappa shape index (κ1) is 30.9. The second kappa shape index (κ2) is 17.9. The predicted octanol–water partition coefficient (Wildman–Crippen LogP) is 10.2. The summed E-state index contributed by atoms with van der Waals surface area (Å²) in [5, 5.41) is 9.62. The van der Waals surface area contributed by atoms with E-state index in [2.05, 4.69) is 44.2 Å².